The Morgan fingerprint density at radius 1 is 1.26 bits per heavy atom. The molecule has 1 aliphatic rings. The molecule has 1 amide bonds. The molecule has 6 nitrogen and oxygen atoms in total. The number of nitrogens with one attached hydrogen (secondary N) is 2. The van der Waals surface area contributed by atoms with Crippen molar-refractivity contribution in [2.45, 2.75) is 51.0 Å². The molecule has 27 heavy (non-hydrogen) atoms. The van der Waals surface area contributed by atoms with Crippen LogP contribution >= 0.6 is 0 Å². The Kier molecular flexibility index (Phi) is 7.82. The lowest BCUT2D eigenvalue weighted by Gasteiger charge is -2.35. The van der Waals surface area contributed by atoms with Crippen LogP contribution in [-0.4, -0.2) is 51.9 Å². The third-order valence-electron chi connectivity index (χ3n) is 4.96. The Balaban J connectivity index is 2.16. The van der Waals surface area contributed by atoms with Crippen molar-refractivity contribution in [3.63, 3.8) is 0 Å². The molecule has 0 saturated carbocycles. The van der Waals surface area contributed by atoms with Gasteiger partial charge in [0.25, 0.3) is 0 Å². The molecule has 1 saturated heterocycles. The van der Waals surface area contributed by atoms with E-state index in [9.17, 15) is 13.2 Å². The Hall–Kier alpha value is -1.44. The molecular formula is C20H33N3O3S. The Morgan fingerprint density at radius 2 is 1.93 bits per heavy atom. The number of hydrogen-bond acceptors (Lipinski definition) is 4. The Bertz CT molecular complexity index is 714. The van der Waals surface area contributed by atoms with Crippen molar-refractivity contribution in [3.05, 3.63) is 29.8 Å². The maximum atomic E-state index is 13.1. The van der Waals surface area contributed by atoms with Crippen molar-refractivity contribution < 1.29 is 13.2 Å². The van der Waals surface area contributed by atoms with Gasteiger partial charge < -0.3 is 10.2 Å². The molecule has 2 rings (SSSR count). The highest BCUT2D eigenvalue weighted by molar-refractivity contribution is 7.89. The number of sulfonamides is 1. The summed E-state index contributed by atoms with van der Waals surface area (Å²) in [6.45, 7) is 8.15. The second kappa shape index (κ2) is 9.66. The second-order valence-corrected chi connectivity index (χ2v) is 9.68. The number of piperidine rings is 1. The zero-order valence-corrected chi connectivity index (χ0v) is 17.7. The highest BCUT2D eigenvalue weighted by atomic mass is 32.2. The van der Waals surface area contributed by atoms with Crippen LogP contribution in [0, 0.1) is 18.8 Å². The van der Waals surface area contributed by atoms with Crippen LogP contribution in [0.2, 0.25) is 0 Å². The first-order valence-electron chi connectivity index (χ1n) is 9.75. The molecule has 1 aromatic rings. The lowest BCUT2D eigenvalue weighted by molar-refractivity contribution is -0.135. The molecule has 0 aliphatic carbocycles. The van der Waals surface area contributed by atoms with Gasteiger partial charge in [0.1, 0.15) is 6.04 Å². The van der Waals surface area contributed by atoms with E-state index in [0.29, 0.717) is 25.4 Å². The highest BCUT2D eigenvalue weighted by Crippen LogP contribution is 2.20. The van der Waals surface area contributed by atoms with Gasteiger partial charge in [-0.3, -0.25) is 4.79 Å². The van der Waals surface area contributed by atoms with E-state index in [0.717, 1.165) is 24.9 Å². The van der Waals surface area contributed by atoms with E-state index in [2.05, 4.69) is 10.0 Å². The summed E-state index contributed by atoms with van der Waals surface area (Å²) in [4.78, 5) is 15.2. The number of nitrogens with zero attached hydrogens (tertiary/aromatic N) is 1. The van der Waals surface area contributed by atoms with Crippen LogP contribution < -0.4 is 10.0 Å². The smallest absolute Gasteiger partial charge is 0.241 e. The summed E-state index contributed by atoms with van der Waals surface area (Å²) < 4.78 is 28.3. The van der Waals surface area contributed by atoms with Gasteiger partial charge in [-0.05, 0) is 63.7 Å². The van der Waals surface area contributed by atoms with Gasteiger partial charge in [-0.15, -0.1) is 0 Å². The summed E-state index contributed by atoms with van der Waals surface area (Å²) in [6, 6.07) is 5.96. The summed E-state index contributed by atoms with van der Waals surface area (Å²) in [5.74, 6) is 0.513. The third kappa shape index (κ3) is 6.30. The first-order chi connectivity index (χ1) is 12.7. The summed E-state index contributed by atoms with van der Waals surface area (Å²) in [7, 11) is -1.82. The number of hydrogen-bond donors (Lipinski definition) is 2. The molecule has 0 spiro atoms. The van der Waals surface area contributed by atoms with Gasteiger partial charge in [0, 0.05) is 13.1 Å². The van der Waals surface area contributed by atoms with Crippen LogP contribution in [0.1, 0.15) is 38.7 Å². The van der Waals surface area contributed by atoms with E-state index < -0.39 is 16.1 Å². The quantitative estimate of drug-likeness (QED) is 0.707. The predicted octanol–water partition coefficient (Wildman–Crippen LogP) is 2.15. The molecule has 1 aliphatic heterocycles. The summed E-state index contributed by atoms with van der Waals surface area (Å²) in [5, 5.41) is 3.17. The van der Waals surface area contributed by atoms with Crippen LogP contribution in [0.3, 0.4) is 0 Å². The zero-order chi connectivity index (χ0) is 20.0. The number of benzene rings is 1. The van der Waals surface area contributed by atoms with E-state index in [1.165, 1.54) is 0 Å². The van der Waals surface area contributed by atoms with Gasteiger partial charge in [-0.2, -0.15) is 4.72 Å². The van der Waals surface area contributed by atoms with Crippen LogP contribution in [0.25, 0.3) is 0 Å². The van der Waals surface area contributed by atoms with Gasteiger partial charge in [-0.25, -0.2) is 8.42 Å². The monoisotopic (exact) mass is 395 g/mol. The third-order valence-corrected chi connectivity index (χ3v) is 6.44. The van der Waals surface area contributed by atoms with Gasteiger partial charge >= 0.3 is 0 Å². The van der Waals surface area contributed by atoms with Crippen molar-refractivity contribution >= 4 is 15.9 Å². The maximum Gasteiger partial charge on any atom is 0.241 e. The average molecular weight is 396 g/mol. The van der Waals surface area contributed by atoms with Crippen LogP contribution in [0.5, 0.6) is 0 Å². The minimum atomic E-state index is -3.74. The number of amides is 1. The minimum Gasteiger partial charge on any atom is -0.341 e. The fourth-order valence-electron chi connectivity index (χ4n) is 3.58. The van der Waals surface area contributed by atoms with Crippen LogP contribution in [0.4, 0.5) is 0 Å². The number of rotatable bonds is 8. The van der Waals surface area contributed by atoms with Gasteiger partial charge in [-0.1, -0.05) is 31.5 Å². The maximum absolute atomic E-state index is 13.1. The van der Waals surface area contributed by atoms with E-state index >= 15 is 0 Å². The lowest BCUT2D eigenvalue weighted by atomic mass is 9.96. The molecule has 2 N–H and O–H groups in total. The molecule has 0 radical (unpaired) electrons. The Labute approximate surface area is 163 Å². The van der Waals surface area contributed by atoms with E-state index in [1.807, 2.05) is 32.7 Å². The average Bonchev–Trinajstić information content (AvgIpc) is 2.61. The summed E-state index contributed by atoms with van der Waals surface area (Å²) in [6.07, 6.45) is 2.53. The van der Waals surface area contributed by atoms with Crippen molar-refractivity contribution in [2.24, 2.45) is 11.8 Å². The zero-order valence-electron chi connectivity index (χ0n) is 16.9. The van der Waals surface area contributed by atoms with Crippen molar-refractivity contribution in [1.29, 1.82) is 0 Å². The van der Waals surface area contributed by atoms with Crippen molar-refractivity contribution in [2.75, 3.05) is 26.7 Å². The van der Waals surface area contributed by atoms with Crippen LogP contribution in [-0.2, 0) is 14.8 Å². The van der Waals surface area contributed by atoms with Crippen LogP contribution in [0.15, 0.2) is 29.2 Å². The fourth-order valence-corrected chi connectivity index (χ4v) is 4.79. The van der Waals surface area contributed by atoms with Gasteiger partial charge in [0.05, 0.1) is 4.90 Å². The molecule has 2 unspecified atom stereocenters. The van der Waals surface area contributed by atoms with E-state index in [1.54, 1.807) is 24.3 Å². The molecule has 152 valence electrons. The molecule has 7 heteroatoms. The number of carbonyl (C=O) groups is 1. The number of aryl methyl sites for hydroxylation is 1. The molecule has 0 aromatic heterocycles. The lowest BCUT2D eigenvalue weighted by Crippen LogP contribution is -2.52. The van der Waals surface area contributed by atoms with Gasteiger partial charge in [0.15, 0.2) is 0 Å². The molecule has 1 heterocycles. The molecule has 1 aromatic carbocycles. The molecular weight excluding hydrogens is 362 g/mol. The highest BCUT2D eigenvalue weighted by Gasteiger charge is 2.32. The SMILES string of the molecule is CNCC1CCCN(C(=O)C(CC(C)C)NS(=O)(=O)c2ccc(C)cc2)C1. The molecule has 0 bridgehead atoms. The van der Waals surface area contributed by atoms with Crippen molar-refractivity contribution in [3.8, 4) is 0 Å². The van der Waals surface area contributed by atoms with Crippen molar-refractivity contribution in [1.82, 2.24) is 14.9 Å². The standard InChI is InChI=1S/C20H33N3O3S/c1-15(2)12-19(20(24)23-11-5-6-17(14-23)13-21-4)22-27(25,26)18-9-7-16(3)8-10-18/h7-10,15,17,19,21-22H,5-6,11-14H2,1-4H3. The predicted molar refractivity (Wildman–Crippen MR) is 108 cm³/mol. The summed E-state index contributed by atoms with van der Waals surface area (Å²) in [5.41, 5.74) is 0.993. The number of likely N-dealkylation sites (tertiary alicyclic amines) is 1. The largest absolute Gasteiger partial charge is 0.341 e. The summed E-state index contributed by atoms with van der Waals surface area (Å²) >= 11 is 0. The fraction of sp³-hybridized carbons (Fsp3) is 0.650. The second-order valence-electron chi connectivity index (χ2n) is 7.97. The normalized spacial score (nSPS) is 19.3. The molecule has 2 atom stereocenters. The first-order valence-corrected chi connectivity index (χ1v) is 11.2. The molecule has 1 fully saturated rings. The minimum absolute atomic E-state index is 0.111. The van der Waals surface area contributed by atoms with E-state index in [-0.39, 0.29) is 16.7 Å². The van der Waals surface area contributed by atoms with Gasteiger partial charge in [0.2, 0.25) is 15.9 Å². The Morgan fingerprint density at radius 3 is 2.52 bits per heavy atom. The van der Waals surface area contributed by atoms with E-state index in [4.69, 9.17) is 0 Å². The topological polar surface area (TPSA) is 78.5 Å². The first kappa shape index (κ1) is 21.9. The number of carbonyl (C=O) groups excluding carboxylic acids is 1.